The molecule has 3 rings (SSSR count). The molecule has 1 aliphatic rings. The van der Waals surface area contributed by atoms with Gasteiger partial charge in [-0.15, -0.1) is 0 Å². The first-order chi connectivity index (χ1) is 14.5. The van der Waals surface area contributed by atoms with Crippen molar-refractivity contribution in [1.82, 2.24) is 9.88 Å². The predicted molar refractivity (Wildman–Crippen MR) is 110 cm³/mol. The molecule has 1 unspecified atom stereocenters. The Labute approximate surface area is 174 Å². The summed E-state index contributed by atoms with van der Waals surface area (Å²) in [6.07, 6.45) is 1.48. The maximum Gasteiger partial charge on any atom is 0.308 e. The first-order valence-corrected chi connectivity index (χ1v) is 9.60. The van der Waals surface area contributed by atoms with E-state index in [0.29, 0.717) is 43.2 Å². The highest BCUT2D eigenvalue weighted by atomic mass is 16.4. The van der Waals surface area contributed by atoms with Gasteiger partial charge in [-0.25, -0.2) is 4.98 Å². The second kappa shape index (κ2) is 9.71. The van der Waals surface area contributed by atoms with E-state index in [0.717, 1.165) is 0 Å². The van der Waals surface area contributed by atoms with Crippen molar-refractivity contribution in [1.29, 1.82) is 5.26 Å². The number of aromatic hydroxyl groups is 1. The van der Waals surface area contributed by atoms with Crippen LogP contribution in [0.5, 0.6) is 5.75 Å². The smallest absolute Gasteiger partial charge is 0.308 e. The number of pyridine rings is 1. The number of nitriles is 1. The third-order valence-corrected chi connectivity index (χ3v) is 4.97. The van der Waals surface area contributed by atoms with Crippen LogP contribution in [0, 0.1) is 17.2 Å². The number of aliphatic carboxylic acids is 1. The second-order valence-electron chi connectivity index (χ2n) is 7.11. The number of anilines is 2. The summed E-state index contributed by atoms with van der Waals surface area (Å²) < 4.78 is 0. The van der Waals surface area contributed by atoms with Gasteiger partial charge in [0.15, 0.2) is 0 Å². The van der Waals surface area contributed by atoms with Crippen molar-refractivity contribution in [3.63, 3.8) is 0 Å². The Morgan fingerprint density at radius 3 is 2.63 bits per heavy atom. The number of phenolic OH excluding ortho intramolecular Hbond substituents is 1. The van der Waals surface area contributed by atoms with E-state index in [9.17, 15) is 25.1 Å². The molecule has 9 nitrogen and oxygen atoms in total. The Bertz CT molecular complexity index is 950. The van der Waals surface area contributed by atoms with Crippen molar-refractivity contribution in [2.45, 2.75) is 6.42 Å². The van der Waals surface area contributed by atoms with Crippen LogP contribution in [0.1, 0.15) is 12.0 Å². The van der Waals surface area contributed by atoms with Gasteiger partial charge in [0, 0.05) is 57.1 Å². The molecule has 1 aromatic heterocycles. The fraction of sp³-hybridized carbons (Fsp3) is 0.333. The number of benzene rings is 1. The number of aromatic nitrogens is 1. The average Bonchev–Trinajstić information content (AvgIpc) is 2.73. The van der Waals surface area contributed by atoms with E-state index in [1.165, 1.54) is 12.1 Å². The Kier molecular flexibility index (Phi) is 6.83. The number of carboxylic acid groups (broad SMARTS) is 1. The van der Waals surface area contributed by atoms with Gasteiger partial charge in [0.05, 0.1) is 11.5 Å². The first kappa shape index (κ1) is 21.1. The van der Waals surface area contributed by atoms with Gasteiger partial charge >= 0.3 is 5.97 Å². The van der Waals surface area contributed by atoms with E-state index in [1.807, 2.05) is 9.80 Å². The van der Waals surface area contributed by atoms with E-state index in [1.54, 1.807) is 30.5 Å². The lowest BCUT2D eigenvalue weighted by atomic mass is 10.0. The normalized spacial score (nSPS) is 15.2. The lowest BCUT2D eigenvalue weighted by Crippen LogP contribution is -2.49. The summed E-state index contributed by atoms with van der Waals surface area (Å²) in [5.74, 6) is -1.63. The molecule has 1 saturated heterocycles. The van der Waals surface area contributed by atoms with E-state index < -0.39 is 17.8 Å². The standard InChI is InChI=1S/C21H23N5O4/c22-13-15-3-2-6-23-20(15)26-9-7-25(8-10-26)14-16(21(29)30)11-19(28)24-17-4-1-5-18(27)12-17/h1-6,12,16,27H,7-11,14H2,(H,24,28)(H,29,30). The number of carboxylic acids is 1. The highest BCUT2D eigenvalue weighted by molar-refractivity contribution is 5.93. The van der Waals surface area contributed by atoms with Crippen LogP contribution in [0.4, 0.5) is 11.5 Å². The van der Waals surface area contributed by atoms with Gasteiger partial charge in [-0.3, -0.25) is 14.5 Å². The molecule has 0 bridgehead atoms. The zero-order valence-electron chi connectivity index (χ0n) is 16.4. The van der Waals surface area contributed by atoms with Crippen molar-refractivity contribution in [3.05, 3.63) is 48.2 Å². The van der Waals surface area contributed by atoms with Gasteiger partial charge < -0.3 is 20.4 Å². The molecular weight excluding hydrogens is 386 g/mol. The number of hydrogen-bond donors (Lipinski definition) is 3. The highest BCUT2D eigenvalue weighted by Gasteiger charge is 2.27. The predicted octanol–water partition coefficient (Wildman–Crippen LogP) is 1.51. The largest absolute Gasteiger partial charge is 0.508 e. The van der Waals surface area contributed by atoms with Gasteiger partial charge in [0.25, 0.3) is 0 Å². The summed E-state index contributed by atoms with van der Waals surface area (Å²) in [6.45, 7) is 2.71. The van der Waals surface area contributed by atoms with Crippen molar-refractivity contribution < 1.29 is 19.8 Å². The van der Waals surface area contributed by atoms with Crippen LogP contribution in [0.15, 0.2) is 42.6 Å². The molecule has 0 radical (unpaired) electrons. The zero-order chi connectivity index (χ0) is 21.5. The molecule has 2 heterocycles. The Balaban J connectivity index is 1.54. The summed E-state index contributed by atoms with van der Waals surface area (Å²) in [6, 6.07) is 11.7. The fourth-order valence-corrected chi connectivity index (χ4v) is 3.44. The molecule has 1 aliphatic heterocycles. The number of carbonyl (C=O) groups is 2. The van der Waals surface area contributed by atoms with Gasteiger partial charge in [0.1, 0.15) is 17.6 Å². The average molecular weight is 409 g/mol. The van der Waals surface area contributed by atoms with Crippen molar-refractivity contribution in [3.8, 4) is 11.8 Å². The maximum atomic E-state index is 12.3. The Morgan fingerprint density at radius 2 is 1.97 bits per heavy atom. The molecule has 1 fully saturated rings. The minimum absolute atomic E-state index is 0.0212. The molecule has 9 heteroatoms. The third kappa shape index (κ3) is 5.46. The van der Waals surface area contributed by atoms with Crippen LogP contribution >= 0.6 is 0 Å². The van der Waals surface area contributed by atoms with Crippen molar-refractivity contribution in [2.24, 2.45) is 5.92 Å². The van der Waals surface area contributed by atoms with E-state index in [2.05, 4.69) is 16.4 Å². The Morgan fingerprint density at radius 1 is 1.20 bits per heavy atom. The van der Waals surface area contributed by atoms with Gasteiger partial charge in [-0.1, -0.05) is 6.07 Å². The molecule has 3 N–H and O–H groups in total. The van der Waals surface area contributed by atoms with Gasteiger partial charge in [0.2, 0.25) is 5.91 Å². The van der Waals surface area contributed by atoms with Gasteiger partial charge in [-0.05, 0) is 24.3 Å². The molecule has 0 spiro atoms. The van der Waals surface area contributed by atoms with Crippen LogP contribution < -0.4 is 10.2 Å². The number of piperazine rings is 1. The van der Waals surface area contributed by atoms with Crippen molar-refractivity contribution >= 4 is 23.4 Å². The topological polar surface area (TPSA) is 130 Å². The molecule has 1 atom stereocenters. The zero-order valence-corrected chi connectivity index (χ0v) is 16.4. The summed E-state index contributed by atoms with van der Waals surface area (Å²) in [4.78, 5) is 32.3. The van der Waals surface area contributed by atoms with Crippen LogP contribution in [0.3, 0.4) is 0 Å². The van der Waals surface area contributed by atoms with Crippen LogP contribution in [-0.4, -0.2) is 64.7 Å². The summed E-state index contributed by atoms with van der Waals surface area (Å²) in [5.41, 5.74) is 0.930. The molecule has 0 saturated carbocycles. The minimum Gasteiger partial charge on any atom is -0.508 e. The Hall–Kier alpha value is -3.64. The van der Waals surface area contributed by atoms with Crippen LogP contribution in [-0.2, 0) is 9.59 Å². The van der Waals surface area contributed by atoms with Crippen LogP contribution in [0.25, 0.3) is 0 Å². The lowest BCUT2D eigenvalue weighted by Gasteiger charge is -2.36. The van der Waals surface area contributed by atoms with Crippen LogP contribution in [0.2, 0.25) is 0 Å². The van der Waals surface area contributed by atoms with Gasteiger partial charge in [-0.2, -0.15) is 5.26 Å². The minimum atomic E-state index is -1.03. The number of nitrogens with one attached hydrogen (secondary N) is 1. The molecular formula is C21H23N5O4. The molecule has 1 aromatic carbocycles. The quantitative estimate of drug-likeness (QED) is 0.627. The first-order valence-electron chi connectivity index (χ1n) is 9.60. The number of hydrogen-bond acceptors (Lipinski definition) is 7. The van der Waals surface area contributed by atoms with Crippen molar-refractivity contribution in [2.75, 3.05) is 42.9 Å². The number of amides is 1. The summed E-state index contributed by atoms with van der Waals surface area (Å²) in [7, 11) is 0. The van der Waals surface area contributed by atoms with E-state index >= 15 is 0 Å². The molecule has 156 valence electrons. The third-order valence-electron chi connectivity index (χ3n) is 4.97. The molecule has 0 aliphatic carbocycles. The number of phenols is 1. The number of carbonyl (C=O) groups excluding carboxylic acids is 1. The summed E-state index contributed by atoms with van der Waals surface area (Å²) >= 11 is 0. The fourth-order valence-electron chi connectivity index (χ4n) is 3.44. The van der Waals surface area contributed by atoms with E-state index in [4.69, 9.17) is 0 Å². The second-order valence-corrected chi connectivity index (χ2v) is 7.11. The van der Waals surface area contributed by atoms with E-state index in [-0.39, 0.29) is 18.7 Å². The molecule has 1 amide bonds. The maximum absolute atomic E-state index is 12.3. The monoisotopic (exact) mass is 409 g/mol. The molecule has 2 aromatic rings. The molecule has 30 heavy (non-hydrogen) atoms. The SMILES string of the molecule is N#Cc1cccnc1N1CCN(CC(CC(=O)Nc2cccc(O)c2)C(=O)O)CC1. The highest BCUT2D eigenvalue weighted by Crippen LogP contribution is 2.20. The number of rotatable bonds is 7. The number of nitrogens with zero attached hydrogens (tertiary/aromatic N) is 4. The summed E-state index contributed by atoms with van der Waals surface area (Å²) in [5, 5.41) is 30.9. The lowest BCUT2D eigenvalue weighted by molar-refractivity contribution is -0.144.